The third-order valence-corrected chi connectivity index (χ3v) is 4.54. The number of hydrogen-bond acceptors (Lipinski definition) is 3. The fourth-order valence-corrected chi connectivity index (χ4v) is 3.20. The highest BCUT2D eigenvalue weighted by Crippen LogP contribution is 2.16. The molecule has 25 heavy (non-hydrogen) atoms. The molecule has 2 aromatic rings. The van der Waals surface area contributed by atoms with Gasteiger partial charge in [-0.3, -0.25) is 9.69 Å². The van der Waals surface area contributed by atoms with E-state index in [1.54, 1.807) is 0 Å². The molecular formula is C21H26N2O2. The first-order chi connectivity index (χ1) is 12.2. The van der Waals surface area contributed by atoms with E-state index in [2.05, 4.69) is 17.0 Å². The molecule has 0 unspecified atom stereocenters. The molecule has 0 aromatic heterocycles. The quantitative estimate of drug-likeness (QED) is 0.812. The molecular weight excluding hydrogens is 312 g/mol. The summed E-state index contributed by atoms with van der Waals surface area (Å²) in [5.41, 5.74) is 2.35. The lowest BCUT2D eigenvalue weighted by Gasteiger charge is -2.35. The molecule has 1 fully saturated rings. The Balaban J connectivity index is 1.48. The smallest absolute Gasteiger partial charge is 0.227 e. The predicted molar refractivity (Wildman–Crippen MR) is 99.6 cm³/mol. The molecule has 1 heterocycles. The summed E-state index contributed by atoms with van der Waals surface area (Å²) in [4.78, 5) is 16.8. The van der Waals surface area contributed by atoms with Crippen molar-refractivity contribution in [2.45, 2.75) is 19.9 Å². The first-order valence-corrected chi connectivity index (χ1v) is 9.00. The molecule has 0 bridgehead atoms. The SMILES string of the molecule is CCOc1cccc(CN2CCN(C(=O)Cc3ccccc3)CC2)c1. The van der Waals surface area contributed by atoms with Gasteiger partial charge < -0.3 is 9.64 Å². The van der Waals surface area contributed by atoms with E-state index >= 15 is 0 Å². The van der Waals surface area contributed by atoms with Gasteiger partial charge in [0, 0.05) is 32.7 Å². The molecule has 0 saturated carbocycles. The maximum Gasteiger partial charge on any atom is 0.227 e. The summed E-state index contributed by atoms with van der Waals surface area (Å²) in [6.45, 7) is 7.03. The summed E-state index contributed by atoms with van der Waals surface area (Å²) in [5.74, 6) is 1.15. The van der Waals surface area contributed by atoms with E-state index in [-0.39, 0.29) is 5.91 Å². The zero-order valence-electron chi connectivity index (χ0n) is 14.9. The number of amides is 1. The predicted octanol–water partition coefficient (Wildman–Crippen LogP) is 2.97. The van der Waals surface area contributed by atoms with Crippen molar-refractivity contribution in [2.75, 3.05) is 32.8 Å². The van der Waals surface area contributed by atoms with Gasteiger partial charge >= 0.3 is 0 Å². The Morgan fingerprint density at radius 3 is 2.40 bits per heavy atom. The molecule has 0 radical (unpaired) electrons. The first kappa shape index (κ1) is 17.5. The normalized spacial score (nSPS) is 15.2. The molecule has 2 aromatic carbocycles. The summed E-state index contributed by atoms with van der Waals surface area (Å²) in [6.07, 6.45) is 0.497. The first-order valence-electron chi connectivity index (χ1n) is 9.00. The van der Waals surface area contributed by atoms with Gasteiger partial charge in [0.05, 0.1) is 13.0 Å². The second kappa shape index (κ2) is 8.67. The topological polar surface area (TPSA) is 32.8 Å². The van der Waals surface area contributed by atoms with Crippen LogP contribution in [0.2, 0.25) is 0 Å². The summed E-state index contributed by atoms with van der Waals surface area (Å²) in [7, 11) is 0. The van der Waals surface area contributed by atoms with E-state index in [9.17, 15) is 4.79 Å². The van der Waals surface area contributed by atoms with Gasteiger partial charge in [0.25, 0.3) is 0 Å². The van der Waals surface area contributed by atoms with Crippen LogP contribution in [0, 0.1) is 0 Å². The molecule has 1 aliphatic rings. The molecule has 3 rings (SSSR count). The minimum atomic E-state index is 0.226. The zero-order valence-corrected chi connectivity index (χ0v) is 14.9. The standard InChI is InChI=1S/C21H26N2O2/c1-2-25-20-10-6-9-19(15-20)17-22-11-13-23(14-12-22)21(24)16-18-7-4-3-5-8-18/h3-10,15H,2,11-14,16-17H2,1H3. The Labute approximate surface area is 150 Å². The number of hydrogen-bond donors (Lipinski definition) is 0. The van der Waals surface area contributed by atoms with Gasteiger partial charge in [0.15, 0.2) is 0 Å². The molecule has 0 atom stereocenters. The minimum absolute atomic E-state index is 0.226. The van der Waals surface area contributed by atoms with E-state index in [0.29, 0.717) is 13.0 Å². The molecule has 4 heteroatoms. The molecule has 1 aliphatic heterocycles. The van der Waals surface area contributed by atoms with Crippen LogP contribution in [0.25, 0.3) is 0 Å². The van der Waals surface area contributed by atoms with Crippen molar-refractivity contribution in [3.05, 3.63) is 65.7 Å². The number of ether oxygens (including phenoxy) is 1. The molecule has 1 saturated heterocycles. The van der Waals surface area contributed by atoms with E-state index in [4.69, 9.17) is 4.74 Å². The van der Waals surface area contributed by atoms with Crippen LogP contribution < -0.4 is 4.74 Å². The second-order valence-electron chi connectivity index (χ2n) is 6.40. The monoisotopic (exact) mass is 338 g/mol. The fourth-order valence-electron chi connectivity index (χ4n) is 3.20. The maximum atomic E-state index is 12.4. The molecule has 0 spiro atoms. The van der Waals surface area contributed by atoms with E-state index in [1.807, 2.05) is 54.3 Å². The van der Waals surface area contributed by atoms with Gasteiger partial charge in [-0.1, -0.05) is 42.5 Å². The number of piperazine rings is 1. The number of benzene rings is 2. The number of carbonyl (C=O) groups is 1. The van der Waals surface area contributed by atoms with Crippen LogP contribution in [-0.4, -0.2) is 48.5 Å². The summed E-state index contributed by atoms with van der Waals surface area (Å²) >= 11 is 0. The number of nitrogens with zero attached hydrogens (tertiary/aromatic N) is 2. The molecule has 0 aliphatic carbocycles. The fraction of sp³-hybridized carbons (Fsp3) is 0.381. The van der Waals surface area contributed by atoms with Gasteiger partial charge in [-0.05, 0) is 30.2 Å². The minimum Gasteiger partial charge on any atom is -0.494 e. The van der Waals surface area contributed by atoms with Crippen LogP contribution in [0.3, 0.4) is 0 Å². The average molecular weight is 338 g/mol. The Bertz CT molecular complexity index is 679. The molecule has 132 valence electrons. The highest BCUT2D eigenvalue weighted by molar-refractivity contribution is 5.78. The highest BCUT2D eigenvalue weighted by atomic mass is 16.5. The summed E-state index contributed by atoms with van der Waals surface area (Å²) in [5, 5.41) is 0. The van der Waals surface area contributed by atoms with Gasteiger partial charge in [-0.25, -0.2) is 0 Å². The maximum absolute atomic E-state index is 12.4. The lowest BCUT2D eigenvalue weighted by atomic mass is 10.1. The van der Waals surface area contributed by atoms with Crippen molar-refractivity contribution in [3.63, 3.8) is 0 Å². The lowest BCUT2D eigenvalue weighted by Crippen LogP contribution is -2.48. The summed E-state index contributed by atoms with van der Waals surface area (Å²) < 4.78 is 5.57. The van der Waals surface area contributed by atoms with Crippen LogP contribution in [0.15, 0.2) is 54.6 Å². The van der Waals surface area contributed by atoms with Gasteiger partial charge in [0.1, 0.15) is 5.75 Å². The van der Waals surface area contributed by atoms with E-state index in [0.717, 1.165) is 44.0 Å². The van der Waals surface area contributed by atoms with Gasteiger partial charge in [-0.2, -0.15) is 0 Å². The lowest BCUT2D eigenvalue weighted by molar-refractivity contribution is -0.132. The van der Waals surface area contributed by atoms with Crippen LogP contribution in [0.1, 0.15) is 18.1 Å². The number of carbonyl (C=O) groups excluding carboxylic acids is 1. The van der Waals surface area contributed by atoms with Crippen molar-refractivity contribution >= 4 is 5.91 Å². The molecule has 0 N–H and O–H groups in total. The van der Waals surface area contributed by atoms with Crippen molar-refractivity contribution in [3.8, 4) is 5.75 Å². The molecule has 1 amide bonds. The Hall–Kier alpha value is -2.33. The average Bonchev–Trinajstić information content (AvgIpc) is 2.64. The Morgan fingerprint density at radius 1 is 0.960 bits per heavy atom. The van der Waals surface area contributed by atoms with E-state index < -0.39 is 0 Å². The van der Waals surface area contributed by atoms with Crippen LogP contribution >= 0.6 is 0 Å². The van der Waals surface area contributed by atoms with Gasteiger partial charge in [-0.15, -0.1) is 0 Å². The van der Waals surface area contributed by atoms with Crippen LogP contribution in [0.4, 0.5) is 0 Å². The van der Waals surface area contributed by atoms with Crippen molar-refractivity contribution in [1.82, 2.24) is 9.80 Å². The Kier molecular flexibility index (Phi) is 6.07. The van der Waals surface area contributed by atoms with E-state index in [1.165, 1.54) is 5.56 Å². The third kappa shape index (κ3) is 5.07. The molecule has 4 nitrogen and oxygen atoms in total. The highest BCUT2D eigenvalue weighted by Gasteiger charge is 2.21. The van der Waals surface area contributed by atoms with Crippen LogP contribution in [0.5, 0.6) is 5.75 Å². The summed E-state index contributed by atoms with van der Waals surface area (Å²) in [6, 6.07) is 18.2. The van der Waals surface area contributed by atoms with Gasteiger partial charge in [0.2, 0.25) is 5.91 Å². The van der Waals surface area contributed by atoms with Crippen LogP contribution in [-0.2, 0) is 17.8 Å². The largest absolute Gasteiger partial charge is 0.494 e. The number of rotatable bonds is 6. The zero-order chi connectivity index (χ0) is 17.5. The van der Waals surface area contributed by atoms with Crippen molar-refractivity contribution in [2.24, 2.45) is 0 Å². The van der Waals surface area contributed by atoms with Crippen molar-refractivity contribution < 1.29 is 9.53 Å². The second-order valence-corrected chi connectivity index (χ2v) is 6.40. The third-order valence-electron chi connectivity index (χ3n) is 4.54. The van der Waals surface area contributed by atoms with Crippen molar-refractivity contribution in [1.29, 1.82) is 0 Å². The Morgan fingerprint density at radius 2 is 1.68 bits per heavy atom.